The molecule has 0 fully saturated rings. The van der Waals surface area contributed by atoms with Crippen molar-refractivity contribution in [2.24, 2.45) is 0 Å². The van der Waals surface area contributed by atoms with Crippen molar-refractivity contribution < 1.29 is 32.6 Å². The monoisotopic (exact) mass is 393 g/mol. The van der Waals surface area contributed by atoms with Crippen molar-refractivity contribution in [2.75, 3.05) is 13.7 Å². The Balaban J connectivity index is 1.76. The summed E-state index contributed by atoms with van der Waals surface area (Å²) < 4.78 is 44.5. The number of carbonyl (C=O) groups is 2. The number of hydrogen-bond donors (Lipinski definition) is 1. The molecule has 0 spiro atoms. The average Bonchev–Trinajstić information content (AvgIpc) is 2.96. The normalized spacial score (nSPS) is 14.1. The number of nitrogens with zero attached hydrogens (tertiary/aromatic N) is 1. The second-order valence-electron chi connectivity index (χ2n) is 6.57. The lowest BCUT2D eigenvalue weighted by molar-refractivity contribution is -0.183. The molecule has 0 heterocycles. The Hall–Kier alpha value is -3.03. The maximum Gasteiger partial charge on any atom is 0.410 e. The lowest BCUT2D eigenvalue weighted by Crippen LogP contribution is -2.48. The Bertz CT molecular complexity index is 852. The number of halogens is 3. The summed E-state index contributed by atoms with van der Waals surface area (Å²) in [5.41, 5.74) is 3.84. The van der Waals surface area contributed by atoms with Crippen LogP contribution < -0.4 is 0 Å². The molecule has 148 valence electrons. The lowest BCUT2D eigenvalue weighted by atomic mass is 9.98. The van der Waals surface area contributed by atoms with Crippen LogP contribution in [0.1, 0.15) is 23.5 Å². The first kappa shape index (κ1) is 19.7. The van der Waals surface area contributed by atoms with E-state index in [-0.39, 0.29) is 12.5 Å². The number of carboxylic acids is 1. The van der Waals surface area contributed by atoms with Gasteiger partial charge in [0.2, 0.25) is 0 Å². The molecule has 28 heavy (non-hydrogen) atoms. The fourth-order valence-electron chi connectivity index (χ4n) is 3.46. The van der Waals surface area contributed by atoms with Gasteiger partial charge in [-0.1, -0.05) is 48.5 Å². The molecule has 0 saturated heterocycles. The van der Waals surface area contributed by atoms with Crippen molar-refractivity contribution >= 4 is 12.1 Å². The second kappa shape index (κ2) is 7.53. The number of aliphatic carboxylic acids is 1. The van der Waals surface area contributed by atoms with Crippen molar-refractivity contribution in [2.45, 2.75) is 24.6 Å². The van der Waals surface area contributed by atoms with Gasteiger partial charge in [-0.3, -0.25) is 9.69 Å². The molecule has 0 aliphatic heterocycles. The van der Waals surface area contributed by atoms with Gasteiger partial charge >= 0.3 is 18.2 Å². The number of amides is 1. The number of carboxylic acid groups (broad SMARTS) is 1. The third-order valence-corrected chi connectivity index (χ3v) is 4.84. The minimum Gasteiger partial charge on any atom is -0.481 e. The van der Waals surface area contributed by atoms with E-state index < -0.39 is 30.7 Å². The number of carbonyl (C=O) groups excluding carboxylic acids is 1. The van der Waals surface area contributed by atoms with E-state index >= 15 is 0 Å². The lowest BCUT2D eigenvalue weighted by Gasteiger charge is -2.28. The van der Waals surface area contributed by atoms with Crippen molar-refractivity contribution in [3.8, 4) is 11.1 Å². The summed E-state index contributed by atoms with van der Waals surface area (Å²) >= 11 is 0. The molecule has 2 aromatic carbocycles. The highest BCUT2D eigenvalue weighted by atomic mass is 19.4. The van der Waals surface area contributed by atoms with Crippen LogP contribution >= 0.6 is 0 Å². The molecule has 1 unspecified atom stereocenters. The Morgan fingerprint density at radius 1 is 1.07 bits per heavy atom. The number of alkyl halides is 3. The molecule has 1 atom stereocenters. The van der Waals surface area contributed by atoms with Crippen molar-refractivity contribution in [3.63, 3.8) is 0 Å². The first-order valence-corrected chi connectivity index (χ1v) is 8.56. The zero-order valence-electron chi connectivity index (χ0n) is 14.9. The third-order valence-electron chi connectivity index (χ3n) is 4.84. The molecule has 1 amide bonds. The minimum absolute atomic E-state index is 0.144. The summed E-state index contributed by atoms with van der Waals surface area (Å²) in [4.78, 5) is 23.2. The molecular weight excluding hydrogens is 375 g/mol. The smallest absolute Gasteiger partial charge is 0.410 e. The minimum atomic E-state index is -4.88. The van der Waals surface area contributed by atoms with Gasteiger partial charge in [-0.15, -0.1) is 0 Å². The summed E-state index contributed by atoms with van der Waals surface area (Å²) in [5, 5.41) is 8.72. The number of ether oxygens (including phenoxy) is 1. The molecule has 1 N–H and O–H groups in total. The topological polar surface area (TPSA) is 66.8 Å². The van der Waals surface area contributed by atoms with Crippen molar-refractivity contribution in [1.82, 2.24) is 4.90 Å². The molecule has 0 saturated carbocycles. The maximum absolute atomic E-state index is 13.1. The van der Waals surface area contributed by atoms with Gasteiger partial charge in [0.15, 0.2) is 0 Å². The first-order valence-electron chi connectivity index (χ1n) is 8.56. The van der Waals surface area contributed by atoms with Crippen LogP contribution in [0, 0.1) is 0 Å². The standard InChI is InChI=1S/C20H18F3NO4/c1-24(17(10-18(25)26)20(21,22)23)19(27)28-11-16-14-8-4-2-6-12(14)13-7-3-5-9-15(13)16/h2-9,16-17H,10-11H2,1H3,(H,25,26). The number of hydrogen-bond acceptors (Lipinski definition) is 3. The van der Waals surface area contributed by atoms with E-state index in [2.05, 4.69) is 0 Å². The molecule has 0 radical (unpaired) electrons. The Kier molecular flexibility index (Phi) is 5.31. The molecular formula is C20H18F3NO4. The fourth-order valence-corrected chi connectivity index (χ4v) is 3.46. The first-order chi connectivity index (χ1) is 13.2. The average molecular weight is 393 g/mol. The summed E-state index contributed by atoms with van der Waals surface area (Å²) in [6.45, 7) is -0.144. The van der Waals surface area contributed by atoms with Crippen molar-refractivity contribution in [3.05, 3.63) is 59.7 Å². The van der Waals surface area contributed by atoms with Gasteiger partial charge in [-0.2, -0.15) is 13.2 Å². The number of rotatable bonds is 5. The van der Waals surface area contributed by atoms with Crippen molar-refractivity contribution in [1.29, 1.82) is 0 Å². The Morgan fingerprint density at radius 3 is 2.04 bits per heavy atom. The fraction of sp³-hybridized carbons (Fsp3) is 0.300. The quantitative estimate of drug-likeness (QED) is 0.824. The molecule has 3 rings (SSSR count). The predicted molar refractivity (Wildman–Crippen MR) is 94.9 cm³/mol. The van der Waals surface area contributed by atoms with Crippen LogP contribution in [0.3, 0.4) is 0 Å². The second-order valence-corrected chi connectivity index (χ2v) is 6.57. The molecule has 2 aromatic rings. The highest BCUT2D eigenvalue weighted by Gasteiger charge is 2.46. The summed E-state index contributed by atoms with van der Waals surface area (Å²) in [6.07, 6.45) is -7.34. The van der Waals surface area contributed by atoms with E-state index in [4.69, 9.17) is 9.84 Å². The summed E-state index contributed by atoms with van der Waals surface area (Å²) in [5.74, 6) is -1.95. The molecule has 5 nitrogen and oxygen atoms in total. The van der Waals surface area contributed by atoms with Gasteiger partial charge in [0, 0.05) is 13.0 Å². The molecule has 0 bridgehead atoms. The number of fused-ring (bicyclic) bond motifs is 3. The third kappa shape index (κ3) is 3.81. The van der Waals surface area contributed by atoms with Crippen LogP contribution in [0.25, 0.3) is 11.1 Å². The van der Waals surface area contributed by atoms with Gasteiger partial charge < -0.3 is 9.84 Å². The molecule has 0 aromatic heterocycles. The molecule has 1 aliphatic rings. The van der Waals surface area contributed by atoms with Gasteiger partial charge in [0.05, 0.1) is 6.42 Å². The zero-order valence-corrected chi connectivity index (χ0v) is 14.9. The van der Waals surface area contributed by atoms with E-state index in [0.29, 0.717) is 4.90 Å². The van der Waals surface area contributed by atoms with Crippen LogP contribution in [-0.2, 0) is 9.53 Å². The van der Waals surface area contributed by atoms with Gasteiger partial charge in [0.1, 0.15) is 12.6 Å². The van der Waals surface area contributed by atoms with Crippen LogP contribution in [0.2, 0.25) is 0 Å². The van der Waals surface area contributed by atoms with Gasteiger partial charge in [0.25, 0.3) is 0 Å². The Labute approximate surface area is 159 Å². The highest BCUT2D eigenvalue weighted by molar-refractivity contribution is 5.79. The van der Waals surface area contributed by atoms with Crippen LogP contribution in [0.4, 0.5) is 18.0 Å². The van der Waals surface area contributed by atoms with Crippen LogP contribution in [0.15, 0.2) is 48.5 Å². The van der Waals surface area contributed by atoms with E-state index in [1.807, 2.05) is 48.5 Å². The predicted octanol–water partition coefficient (Wildman–Crippen LogP) is 4.27. The van der Waals surface area contributed by atoms with Crippen LogP contribution in [0.5, 0.6) is 0 Å². The van der Waals surface area contributed by atoms with Gasteiger partial charge in [-0.05, 0) is 22.3 Å². The van der Waals surface area contributed by atoms with E-state index in [1.165, 1.54) is 0 Å². The SMILES string of the molecule is CN(C(=O)OCC1c2ccccc2-c2ccccc21)C(CC(=O)O)C(F)(F)F. The van der Waals surface area contributed by atoms with E-state index in [0.717, 1.165) is 29.3 Å². The summed E-state index contributed by atoms with van der Waals surface area (Å²) in [6, 6.07) is 12.7. The number of benzene rings is 2. The largest absolute Gasteiger partial charge is 0.481 e. The molecule has 8 heteroatoms. The zero-order chi connectivity index (χ0) is 20.5. The van der Waals surface area contributed by atoms with E-state index in [1.54, 1.807) is 0 Å². The highest BCUT2D eigenvalue weighted by Crippen LogP contribution is 2.44. The Morgan fingerprint density at radius 2 is 1.57 bits per heavy atom. The summed E-state index contributed by atoms with van der Waals surface area (Å²) in [7, 11) is 0.889. The maximum atomic E-state index is 13.1. The van der Waals surface area contributed by atoms with Crippen LogP contribution in [-0.4, -0.2) is 47.9 Å². The van der Waals surface area contributed by atoms with Gasteiger partial charge in [-0.25, -0.2) is 4.79 Å². The van der Waals surface area contributed by atoms with E-state index in [9.17, 15) is 22.8 Å². The molecule has 1 aliphatic carbocycles.